The molecule has 4 aromatic carbocycles. The molecule has 0 spiro atoms. The number of benzene rings is 4. The second-order valence-electron chi connectivity index (χ2n) is 15.3. The van der Waals surface area contributed by atoms with E-state index in [9.17, 15) is 40.9 Å². The highest BCUT2D eigenvalue weighted by Gasteiger charge is 2.30. The van der Waals surface area contributed by atoms with E-state index in [1.807, 2.05) is 27.7 Å². The summed E-state index contributed by atoms with van der Waals surface area (Å²) in [5.74, 6) is -4.57. The fourth-order valence-corrected chi connectivity index (χ4v) is 8.58. The van der Waals surface area contributed by atoms with Gasteiger partial charge in [-0.25, -0.2) is 0 Å². The summed E-state index contributed by atoms with van der Waals surface area (Å²) in [7, 11) is 1.00. The van der Waals surface area contributed by atoms with Crippen molar-refractivity contribution in [3.05, 3.63) is 93.0 Å². The number of nitrogens with one attached hydrogen (secondary N) is 2. The maximum absolute atomic E-state index is 13.4. The fraction of sp³-hybridized carbons (Fsp3) is 0.510. The number of hydrogen-bond donors (Lipinski definition) is 9. The van der Waals surface area contributed by atoms with Crippen LogP contribution in [0.3, 0.4) is 0 Å². The molecular weight excluding hydrogens is 761 g/mol. The molecule has 0 aromatic heterocycles. The van der Waals surface area contributed by atoms with E-state index in [0.717, 1.165) is 19.2 Å². The Labute approximate surface area is 358 Å². The van der Waals surface area contributed by atoms with Crippen LogP contribution < -0.4 is 20.0 Å². The highest BCUT2D eigenvalue weighted by atomic mass is 16.3. The number of aromatic hydroxyl groups is 6. The molecule has 60 heavy (non-hydrogen) atoms. The molecule has 0 saturated carbocycles. The molecule has 0 amide bonds. The minimum absolute atomic E-state index is 0.194. The van der Waals surface area contributed by atoms with Gasteiger partial charge in [0.2, 0.25) is 0 Å². The van der Waals surface area contributed by atoms with Gasteiger partial charge < -0.3 is 55.8 Å². The van der Waals surface area contributed by atoms with E-state index in [1.54, 1.807) is 34.1 Å². The summed E-state index contributed by atoms with van der Waals surface area (Å²) in [4.78, 5) is 3.36. The zero-order chi connectivity index (χ0) is 45.4. The summed E-state index contributed by atoms with van der Waals surface area (Å²) < 4.78 is 0. The second-order valence-corrected chi connectivity index (χ2v) is 15.3. The molecule has 0 fully saturated rings. The summed E-state index contributed by atoms with van der Waals surface area (Å²) in [6, 6.07) is 11.3. The Bertz CT molecular complexity index is 1560. The maximum Gasteiger partial charge on any atom is 0.123 e. The third kappa shape index (κ3) is 11.7. The average Bonchev–Trinajstić information content (AvgIpc) is 3.23. The van der Waals surface area contributed by atoms with Gasteiger partial charge in [0.15, 0.2) is 0 Å². The summed E-state index contributed by atoms with van der Waals surface area (Å²) in [6.45, 7) is 28.4. The van der Waals surface area contributed by atoms with Gasteiger partial charge in [0.25, 0.3) is 0 Å². The van der Waals surface area contributed by atoms with E-state index in [2.05, 4.69) is 41.5 Å². The summed E-state index contributed by atoms with van der Waals surface area (Å²) >= 11 is 0. The van der Waals surface area contributed by atoms with Crippen LogP contribution >= 0.6 is 0 Å². The van der Waals surface area contributed by atoms with Gasteiger partial charge >= 0.3 is 0 Å². The molecule has 11 heteroatoms. The van der Waals surface area contributed by atoms with Crippen LogP contribution in [-0.2, 0) is 0 Å². The molecule has 11 nitrogen and oxygen atoms in total. The van der Waals surface area contributed by atoms with E-state index >= 15 is 0 Å². The zero-order valence-corrected chi connectivity index (χ0v) is 37.9. The molecule has 0 heterocycles. The van der Waals surface area contributed by atoms with Crippen molar-refractivity contribution >= 4 is 0 Å². The molecule has 4 atom stereocenters. The Morgan fingerprint density at radius 2 is 0.517 bits per heavy atom. The van der Waals surface area contributed by atoms with Crippen molar-refractivity contribution in [2.24, 2.45) is 0 Å². The number of aliphatic hydroxyl groups is 1. The van der Waals surface area contributed by atoms with Crippen LogP contribution in [0, 0.1) is 0 Å². The average molecular weight is 835 g/mol. The van der Waals surface area contributed by atoms with Gasteiger partial charge in [-0.3, -0.25) is 0 Å². The molecule has 5 rings (SSSR count). The lowest BCUT2D eigenvalue weighted by atomic mass is 9.78. The number of quaternary nitrogens is 2. The Balaban J connectivity index is 0.000000660. The van der Waals surface area contributed by atoms with Crippen LogP contribution in [0.15, 0.2) is 48.5 Å². The summed E-state index contributed by atoms with van der Waals surface area (Å²) in [6.07, 6.45) is 1.63. The van der Waals surface area contributed by atoms with Gasteiger partial charge in [-0.05, 0) is 103 Å². The van der Waals surface area contributed by atoms with Crippen LogP contribution in [-0.4, -0.2) is 82.1 Å². The van der Waals surface area contributed by atoms with Gasteiger partial charge in [0, 0.05) is 76.3 Å². The van der Waals surface area contributed by atoms with E-state index in [-0.39, 0.29) is 34.5 Å². The number of hydrogen-bond acceptors (Lipinski definition) is 9. The Morgan fingerprint density at radius 1 is 0.333 bits per heavy atom. The normalized spacial score (nSPS) is 16.8. The van der Waals surface area contributed by atoms with Gasteiger partial charge in [-0.1, -0.05) is 39.8 Å². The quantitative estimate of drug-likeness (QED) is 0.0918. The van der Waals surface area contributed by atoms with Gasteiger partial charge in [0.1, 0.15) is 34.5 Å². The number of aliphatic hydroxyl groups excluding tert-OH is 1. The first kappa shape index (κ1) is 51.3. The van der Waals surface area contributed by atoms with Crippen LogP contribution in [0.25, 0.3) is 0 Å². The largest absolute Gasteiger partial charge is 0.872 e. The lowest BCUT2D eigenvalue weighted by molar-refractivity contribution is -0.894. The topological polar surface area (TPSA) is 197 Å². The number of phenolic OH excluding ortho intramolecular Hbond substituents is 6. The molecule has 9 N–H and O–H groups in total. The molecule has 1 aliphatic carbocycles. The lowest BCUT2D eigenvalue weighted by Crippen LogP contribution is -3.11. The minimum Gasteiger partial charge on any atom is -0.872 e. The molecule has 0 aliphatic heterocycles. The van der Waals surface area contributed by atoms with Crippen molar-refractivity contribution < 1.29 is 55.8 Å². The molecule has 0 unspecified atom stereocenters. The van der Waals surface area contributed by atoms with Crippen molar-refractivity contribution in [3.8, 4) is 46.0 Å². The van der Waals surface area contributed by atoms with Crippen molar-refractivity contribution in [3.63, 3.8) is 0 Å². The first-order valence-electron chi connectivity index (χ1n) is 22.0. The summed E-state index contributed by atoms with van der Waals surface area (Å²) in [5, 5.41) is 100. The third-order valence-electron chi connectivity index (χ3n) is 12.3. The van der Waals surface area contributed by atoms with Crippen molar-refractivity contribution in [1.29, 1.82) is 0 Å². The Hall–Kier alpha value is -4.84. The predicted octanol–water partition coefficient (Wildman–Crippen LogP) is 6.02. The van der Waals surface area contributed by atoms with Gasteiger partial charge in [-0.2, -0.15) is 0 Å². The fourth-order valence-electron chi connectivity index (χ4n) is 8.58. The second kappa shape index (κ2) is 24.4. The lowest BCUT2D eigenvalue weighted by Gasteiger charge is -2.30. The zero-order valence-electron chi connectivity index (χ0n) is 37.9. The molecule has 4 aromatic rings. The Morgan fingerprint density at radius 3 is 0.700 bits per heavy atom. The molecule has 334 valence electrons. The van der Waals surface area contributed by atoms with E-state index in [4.69, 9.17) is 5.11 Å². The highest BCUT2D eigenvalue weighted by molar-refractivity contribution is 5.61. The van der Waals surface area contributed by atoms with Crippen LogP contribution in [0.1, 0.15) is 163 Å². The van der Waals surface area contributed by atoms with E-state index in [1.165, 1.54) is 51.4 Å². The number of rotatable bonds is 10. The predicted molar refractivity (Wildman–Crippen MR) is 236 cm³/mol. The Kier molecular flexibility index (Phi) is 20.9. The van der Waals surface area contributed by atoms with E-state index in [0.29, 0.717) is 70.2 Å². The first-order valence-corrected chi connectivity index (χ1v) is 22.0. The highest BCUT2D eigenvalue weighted by Crippen LogP contribution is 2.50. The molecule has 1 aliphatic rings. The van der Waals surface area contributed by atoms with Gasteiger partial charge in [0.05, 0.1) is 39.3 Å². The smallest absolute Gasteiger partial charge is 0.123 e. The van der Waals surface area contributed by atoms with Crippen LogP contribution in [0.4, 0.5) is 0 Å². The molecular formula is C49H74N2O9. The number of phenols is 6. The van der Waals surface area contributed by atoms with Crippen molar-refractivity contribution in [2.45, 2.75) is 119 Å². The monoisotopic (exact) mass is 835 g/mol. The van der Waals surface area contributed by atoms with Crippen molar-refractivity contribution in [2.75, 3.05) is 46.4 Å². The van der Waals surface area contributed by atoms with E-state index < -0.39 is 35.2 Å². The van der Waals surface area contributed by atoms with Crippen LogP contribution in [0.5, 0.6) is 46.0 Å². The number of fused-ring (bicyclic) bond motifs is 8. The van der Waals surface area contributed by atoms with Crippen LogP contribution in [0.2, 0.25) is 0 Å². The maximum atomic E-state index is 13.4. The summed E-state index contributed by atoms with van der Waals surface area (Å²) in [5.41, 5.74) is 3.07. The van der Waals surface area contributed by atoms with Crippen molar-refractivity contribution in [1.82, 2.24) is 0 Å². The SMILES string of the molecule is CC[C@@H]1c2cc(c([O-])cc2O)[C@H](CC)c2cc(c(O)cc2O)[C@H](CC)c2cc(c(O)cc2[O-])[C@H](CC)c2cc1c(O)cc2O.CC[NH+](CC)CC.CC[NH+](CC)CC.CO. The third-order valence-corrected chi connectivity index (χ3v) is 12.3. The minimum atomic E-state index is -0.625. The van der Waals surface area contributed by atoms with Gasteiger partial charge in [-0.15, -0.1) is 11.5 Å². The first-order chi connectivity index (χ1) is 28.6. The molecule has 8 bridgehead atoms. The standard InChI is InChI=1S/C36H40O8.2C6H15N.CH4O/c1-5-17-21-9-23(31(39)13-29(21)37)18(6-2)25-11-27(35(43)15-33(25)41)20(8-4)28-12-26(34(42)16-36(28)44)19(7-3)24-10-22(17)30(38)14-32(24)40;2*1-4-7(5-2)6-3;1-2/h9-20,37-44H,5-8H2,1-4H3;2*4-6H2,1-3H3;2H,1H3/t17-,18+,19-,20+;;;. The molecule has 0 radical (unpaired) electrons. The molecule has 0 saturated heterocycles.